The molecule has 2 aliphatic rings. The van der Waals surface area contributed by atoms with Gasteiger partial charge in [0, 0.05) is 33.0 Å². The molecule has 0 radical (unpaired) electrons. The molecule has 22 heavy (non-hydrogen) atoms. The number of hydrogen-bond donors (Lipinski definition) is 1. The van der Waals surface area contributed by atoms with Crippen molar-refractivity contribution in [1.29, 1.82) is 0 Å². The topological polar surface area (TPSA) is 60.9 Å². The summed E-state index contributed by atoms with van der Waals surface area (Å²) in [7, 11) is 0. The lowest BCUT2D eigenvalue weighted by atomic mass is 10.1. The fourth-order valence-corrected chi connectivity index (χ4v) is 2.77. The Morgan fingerprint density at radius 1 is 1.32 bits per heavy atom. The second-order valence-corrected chi connectivity index (χ2v) is 6.17. The van der Waals surface area contributed by atoms with E-state index < -0.39 is 37.2 Å². The molecule has 2 atom stereocenters. The van der Waals surface area contributed by atoms with Crippen LogP contribution in [0.4, 0.5) is 13.2 Å². The van der Waals surface area contributed by atoms with Gasteiger partial charge in [0.25, 0.3) is 0 Å². The number of aliphatic hydroxyl groups is 1. The Morgan fingerprint density at radius 2 is 1.95 bits per heavy atom. The summed E-state index contributed by atoms with van der Waals surface area (Å²) in [6.07, 6.45) is -4.26. The van der Waals surface area contributed by atoms with Crippen molar-refractivity contribution >= 4 is 11.8 Å². The molecule has 126 valence electrons. The van der Waals surface area contributed by atoms with E-state index in [0.29, 0.717) is 6.54 Å². The van der Waals surface area contributed by atoms with E-state index in [4.69, 9.17) is 0 Å². The number of nitrogens with zero attached hydrogens (tertiary/aromatic N) is 2. The van der Waals surface area contributed by atoms with E-state index in [2.05, 4.69) is 0 Å². The van der Waals surface area contributed by atoms with Gasteiger partial charge in [-0.3, -0.25) is 9.59 Å². The average molecular weight is 322 g/mol. The van der Waals surface area contributed by atoms with Crippen LogP contribution in [0.3, 0.4) is 0 Å². The molecule has 5 nitrogen and oxygen atoms in total. The normalized spacial score (nSPS) is 25.4. The summed E-state index contributed by atoms with van der Waals surface area (Å²) in [5, 5.41) is 9.66. The van der Waals surface area contributed by atoms with Gasteiger partial charge >= 0.3 is 6.18 Å². The lowest BCUT2D eigenvalue weighted by Gasteiger charge is -2.30. The standard InChI is InChI=1S/C14H21F3N2O3/c1-9(20)19-8-11(21)6-12(19)13(22)18(7-10-2-3-10)5-4-14(15,16)17/h10-12,21H,2-8H2,1H3/t11-,12+/m0/s1. The zero-order valence-electron chi connectivity index (χ0n) is 12.5. The third-order valence-electron chi connectivity index (χ3n) is 4.12. The Bertz CT molecular complexity index is 438. The van der Waals surface area contributed by atoms with Crippen LogP contribution in [0.1, 0.15) is 32.6 Å². The van der Waals surface area contributed by atoms with E-state index in [9.17, 15) is 27.9 Å². The number of carbonyl (C=O) groups is 2. The van der Waals surface area contributed by atoms with E-state index in [-0.39, 0.29) is 24.8 Å². The summed E-state index contributed by atoms with van der Waals surface area (Å²) < 4.78 is 37.3. The minimum atomic E-state index is -4.32. The SMILES string of the molecule is CC(=O)N1C[C@@H](O)C[C@@H]1C(=O)N(CCC(F)(F)F)CC1CC1. The maximum absolute atomic E-state index is 12.5. The van der Waals surface area contributed by atoms with E-state index in [1.165, 1.54) is 16.7 Å². The Kier molecular flexibility index (Phi) is 4.99. The monoisotopic (exact) mass is 322 g/mol. The van der Waals surface area contributed by atoms with Crippen LogP contribution in [0, 0.1) is 5.92 Å². The number of halogens is 3. The van der Waals surface area contributed by atoms with Gasteiger partial charge in [-0.2, -0.15) is 13.2 Å². The number of alkyl halides is 3. The van der Waals surface area contributed by atoms with E-state index in [0.717, 1.165) is 12.8 Å². The lowest BCUT2D eigenvalue weighted by molar-refractivity contribution is -0.150. The summed E-state index contributed by atoms with van der Waals surface area (Å²) in [6, 6.07) is -0.848. The molecule has 1 N–H and O–H groups in total. The second kappa shape index (κ2) is 6.44. The molecule has 1 saturated heterocycles. The first kappa shape index (κ1) is 17.1. The summed E-state index contributed by atoms with van der Waals surface area (Å²) in [5.74, 6) is -0.575. The minimum absolute atomic E-state index is 0.0578. The number of likely N-dealkylation sites (tertiary alicyclic amines) is 1. The van der Waals surface area contributed by atoms with Gasteiger partial charge in [0.05, 0.1) is 12.5 Å². The molecule has 1 heterocycles. The number of amides is 2. The number of carbonyl (C=O) groups excluding carboxylic acids is 2. The highest BCUT2D eigenvalue weighted by atomic mass is 19.4. The van der Waals surface area contributed by atoms with Crippen LogP contribution in [0.15, 0.2) is 0 Å². The maximum Gasteiger partial charge on any atom is 0.390 e. The van der Waals surface area contributed by atoms with Crippen molar-refractivity contribution in [3.63, 3.8) is 0 Å². The zero-order chi connectivity index (χ0) is 16.5. The van der Waals surface area contributed by atoms with Crippen LogP contribution in [0.25, 0.3) is 0 Å². The first-order chi connectivity index (χ1) is 10.2. The van der Waals surface area contributed by atoms with Gasteiger partial charge in [-0.25, -0.2) is 0 Å². The zero-order valence-corrected chi connectivity index (χ0v) is 12.5. The second-order valence-electron chi connectivity index (χ2n) is 6.17. The molecule has 2 amide bonds. The van der Waals surface area contributed by atoms with Crippen LogP contribution < -0.4 is 0 Å². The van der Waals surface area contributed by atoms with Crippen LogP contribution in [-0.2, 0) is 9.59 Å². The molecule has 0 unspecified atom stereocenters. The van der Waals surface area contributed by atoms with Gasteiger partial charge in [-0.1, -0.05) is 0 Å². The maximum atomic E-state index is 12.5. The van der Waals surface area contributed by atoms with Crippen molar-refractivity contribution in [2.45, 2.75) is 50.9 Å². The van der Waals surface area contributed by atoms with E-state index >= 15 is 0 Å². The highest BCUT2D eigenvalue weighted by Crippen LogP contribution is 2.31. The summed E-state index contributed by atoms with van der Waals surface area (Å²) in [5.41, 5.74) is 0. The van der Waals surface area contributed by atoms with E-state index in [1.807, 2.05) is 0 Å². The molecular formula is C14H21F3N2O3. The fourth-order valence-electron chi connectivity index (χ4n) is 2.77. The van der Waals surface area contributed by atoms with Crippen molar-refractivity contribution in [2.24, 2.45) is 5.92 Å². The van der Waals surface area contributed by atoms with Gasteiger partial charge in [-0.05, 0) is 18.8 Å². The van der Waals surface area contributed by atoms with Crippen molar-refractivity contribution in [2.75, 3.05) is 19.6 Å². The molecule has 1 aliphatic carbocycles. The van der Waals surface area contributed by atoms with E-state index in [1.54, 1.807) is 0 Å². The summed E-state index contributed by atoms with van der Waals surface area (Å²) in [4.78, 5) is 26.5. The molecule has 0 spiro atoms. The first-order valence-electron chi connectivity index (χ1n) is 7.48. The van der Waals surface area contributed by atoms with Gasteiger partial charge < -0.3 is 14.9 Å². The average Bonchev–Trinajstić information content (AvgIpc) is 3.12. The molecule has 1 saturated carbocycles. The number of β-amino-alcohol motifs (C(OH)–C–C–N with tert-alkyl or cyclic N) is 1. The predicted molar refractivity (Wildman–Crippen MR) is 71.8 cm³/mol. The van der Waals surface area contributed by atoms with Crippen molar-refractivity contribution in [3.8, 4) is 0 Å². The van der Waals surface area contributed by atoms with Gasteiger partial charge in [0.15, 0.2) is 0 Å². The third kappa shape index (κ3) is 4.59. The Labute approximate surface area is 127 Å². The smallest absolute Gasteiger partial charge is 0.390 e. The Hall–Kier alpha value is -1.31. The van der Waals surface area contributed by atoms with Crippen molar-refractivity contribution in [1.82, 2.24) is 9.80 Å². The molecule has 2 rings (SSSR count). The quantitative estimate of drug-likeness (QED) is 0.826. The Morgan fingerprint density at radius 3 is 2.45 bits per heavy atom. The molecule has 0 aromatic heterocycles. The van der Waals surface area contributed by atoms with Crippen molar-refractivity contribution in [3.05, 3.63) is 0 Å². The van der Waals surface area contributed by atoms with Crippen molar-refractivity contribution < 1.29 is 27.9 Å². The minimum Gasteiger partial charge on any atom is -0.391 e. The van der Waals surface area contributed by atoms with Gasteiger partial charge in [0.2, 0.25) is 11.8 Å². The number of hydrogen-bond acceptors (Lipinski definition) is 3. The molecular weight excluding hydrogens is 301 g/mol. The summed E-state index contributed by atoms with van der Waals surface area (Å²) in [6.45, 7) is 1.26. The number of aliphatic hydroxyl groups excluding tert-OH is 1. The van der Waals surface area contributed by atoms with Crippen LogP contribution in [0.2, 0.25) is 0 Å². The van der Waals surface area contributed by atoms with Gasteiger partial charge in [0.1, 0.15) is 6.04 Å². The number of rotatable bonds is 5. The highest BCUT2D eigenvalue weighted by Gasteiger charge is 2.41. The highest BCUT2D eigenvalue weighted by molar-refractivity contribution is 5.87. The molecule has 8 heteroatoms. The Balaban J connectivity index is 2.04. The van der Waals surface area contributed by atoms with Gasteiger partial charge in [-0.15, -0.1) is 0 Å². The van der Waals surface area contributed by atoms with Crippen LogP contribution >= 0.6 is 0 Å². The third-order valence-corrected chi connectivity index (χ3v) is 4.12. The van der Waals surface area contributed by atoms with Crippen LogP contribution in [0.5, 0.6) is 0 Å². The molecule has 0 bridgehead atoms. The largest absolute Gasteiger partial charge is 0.391 e. The molecule has 2 fully saturated rings. The predicted octanol–water partition coefficient (Wildman–Crippen LogP) is 1.16. The lowest BCUT2D eigenvalue weighted by Crippen LogP contribution is -2.48. The molecule has 1 aliphatic heterocycles. The van der Waals surface area contributed by atoms with Crippen LogP contribution in [-0.4, -0.2) is 64.7 Å². The fraction of sp³-hybridized carbons (Fsp3) is 0.857. The first-order valence-corrected chi connectivity index (χ1v) is 7.48. The molecule has 0 aromatic rings. The summed E-state index contributed by atoms with van der Waals surface area (Å²) >= 11 is 0. The molecule has 0 aromatic carbocycles.